The van der Waals surface area contributed by atoms with Crippen LogP contribution in [0.25, 0.3) is 0 Å². The molecule has 0 aliphatic carbocycles. The molecule has 0 saturated carbocycles. The van der Waals surface area contributed by atoms with Crippen LogP contribution in [0.15, 0.2) is 41.3 Å². The Labute approximate surface area is 146 Å². The van der Waals surface area contributed by atoms with Crippen molar-refractivity contribution in [2.75, 3.05) is 18.2 Å². The van der Waals surface area contributed by atoms with Crippen LogP contribution in [0.4, 0.5) is 10.1 Å². The summed E-state index contributed by atoms with van der Waals surface area (Å²) in [5, 5.41) is 2.37. The molecule has 2 aromatic rings. The molecule has 2 rings (SSSR count). The van der Waals surface area contributed by atoms with Crippen LogP contribution in [0.1, 0.15) is 17.5 Å². The lowest BCUT2D eigenvalue weighted by Crippen LogP contribution is -2.16. The van der Waals surface area contributed by atoms with Crippen LogP contribution >= 0.6 is 0 Å². The molecule has 1 N–H and O–H groups in total. The highest BCUT2D eigenvalue weighted by atomic mass is 32.2. The molecule has 0 atom stereocenters. The lowest BCUT2D eigenvalue weighted by molar-refractivity contribution is -0.116. The molecule has 0 aliphatic rings. The van der Waals surface area contributed by atoms with E-state index in [9.17, 15) is 17.6 Å². The van der Waals surface area contributed by atoms with Crippen molar-refractivity contribution in [3.63, 3.8) is 0 Å². The van der Waals surface area contributed by atoms with Crippen molar-refractivity contribution < 1.29 is 22.3 Å². The maximum atomic E-state index is 13.8. The Balaban J connectivity index is 1.96. The van der Waals surface area contributed by atoms with E-state index in [4.69, 9.17) is 4.74 Å². The predicted octanol–water partition coefficient (Wildman–Crippen LogP) is 3.25. The van der Waals surface area contributed by atoms with Crippen molar-refractivity contribution in [2.45, 2.75) is 25.2 Å². The third-order valence-electron chi connectivity index (χ3n) is 3.56. The Morgan fingerprint density at radius 1 is 1.16 bits per heavy atom. The first kappa shape index (κ1) is 18.9. The Bertz CT molecular complexity index is 894. The number of carbonyl (C=O) groups is 1. The molecule has 0 fully saturated rings. The number of aryl methyl sites for hydroxylation is 2. The maximum absolute atomic E-state index is 13.8. The second kappa shape index (κ2) is 7.65. The fourth-order valence-electron chi connectivity index (χ4n) is 2.26. The molecule has 7 heteroatoms. The zero-order valence-electron chi connectivity index (χ0n) is 14.3. The van der Waals surface area contributed by atoms with E-state index < -0.39 is 21.6 Å². The molecule has 0 radical (unpaired) electrons. The number of rotatable bonds is 6. The molecule has 134 valence electrons. The smallest absolute Gasteiger partial charge is 0.227 e. The molecule has 0 unspecified atom stereocenters. The van der Waals surface area contributed by atoms with Gasteiger partial charge in [-0.25, -0.2) is 12.8 Å². The van der Waals surface area contributed by atoms with E-state index in [1.807, 2.05) is 32.0 Å². The molecule has 0 heterocycles. The minimum atomic E-state index is -3.48. The van der Waals surface area contributed by atoms with Gasteiger partial charge in [0.05, 0.1) is 23.6 Å². The zero-order valence-corrected chi connectivity index (χ0v) is 15.1. The minimum absolute atomic E-state index is 0.00978. The van der Waals surface area contributed by atoms with Crippen LogP contribution in [0.5, 0.6) is 5.75 Å². The number of nitrogens with one attached hydrogen (secondary N) is 1. The zero-order chi connectivity index (χ0) is 18.6. The maximum Gasteiger partial charge on any atom is 0.227 e. The molecule has 0 saturated heterocycles. The van der Waals surface area contributed by atoms with Crippen LogP contribution in [-0.4, -0.2) is 27.2 Å². The number of hydrogen-bond acceptors (Lipinski definition) is 4. The number of amides is 1. The largest absolute Gasteiger partial charge is 0.493 e. The van der Waals surface area contributed by atoms with Crippen molar-refractivity contribution in [2.24, 2.45) is 0 Å². The van der Waals surface area contributed by atoms with Gasteiger partial charge in [0, 0.05) is 6.26 Å². The van der Waals surface area contributed by atoms with Crippen LogP contribution in [0, 0.1) is 19.7 Å². The molecule has 0 aromatic heterocycles. The molecular weight excluding hydrogens is 345 g/mol. The Hall–Kier alpha value is -2.41. The van der Waals surface area contributed by atoms with Crippen molar-refractivity contribution in [1.29, 1.82) is 0 Å². The summed E-state index contributed by atoms with van der Waals surface area (Å²) in [5.41, 5.74) is 1.91. The molecule has 0 spiro atoms. The lowest BCUT2D eigenvalue weighted by Gasteiger charge is -2.11. The number of anilines is 1. The Kier molecular flexibility index (Phi) is 5.79. The molecule has 2 aromatic carbocycles. The van der Waals surface area contributed by atoms with E-state index in [1.54, 1.807) is 0 Å². The summed E-state index contributed by atoms with van der Waals surface area (Å²) in [6, 6.07) is 8.99. The van der Waals surface area contributed by atoms with Gasteiger partial charge < -0.3 is 10.1 Å². The number of carbonyl (C=O) groups excluding carboxylic acids is 1. The Morgan fingerprint density at radius 2 is 1.88 bits per heavy atom. The summed E-state index contributed by atoms with van der Waals surface area (Å²) in [7, 11) is -3.48. The first-order chi connectivity index (χ1) is 11.7. The number of hydrogen-bond donors (Lipinski definition) is 1. The van der Waals surface area contributed by atoms with Gasteiger partial charge in [-0.3, -0.25) is 4.79 Å². The lowest BCUT2D eigenvalue weighted by atomic mass is 10.1. The topological polar surface area (TPSA) is 72.5 Å². The second-order valence-corrected chi connectivity index (χ2v) is 7.85. The summed E-state index contributed by atoms with van der Waals surface area (Å²) in [4.78, 5) is 11.9. The summed E-state index contributed by atoms with van der Waals surface area (Å²) in [5.74, 6) is -0.478. The number of sulfone groups is 1. The molecule has 5 nitrogen and oxygen atoms in total. The van der Waals surface area contributed by atoms with Crippen LogP contribution in [0.2, 0.25) is 0 Å². The van der Waals surface area contributed by atoms with Crippen LogP contribution in [-0.2, 0) is 14.6 Å². The summed E-state index contributed by atoms with van der Waals surface area (Å²) in [6.45, 7) is 4.01. The number of benzene rings is 2. The third-order valence-corrected chi connectivity index (χ3v) is 4.67. The van der Waals surface area contributed by atoms with Gasteiger partial charge in [-0.05, 0) is 43.7 Å². The van der Waals surface area contributed by atoms with Crippen molar-refractivity contribution in [1.82, 2.24) is 0 Å². The molecule has 1 amide bonds. The standard InChI is InChI=1S/C18H20FNO4S/c1-12-4-7-17(13(2)10-12)24-9-8-18(21)20-16-11-14(25(3,22)23)5-6-15(16)19/h4-7,10-11H,8-9H2,1-3H3,(H,20,21). The highest BCUT2D eigenvalue weighted by Crippen LogP contribution is 2.21. The van der Waals surface area contributed by atoms with E-state index in [0.717, 1.165) is 35.6 Å². The highest BCUT2D eigenvalue weighted by Gasteiger charge is 2.13. The number of halogens is 1. The predicted molar refractivity (Wildman–Crippen MR) is 94.2 cm³/mol. The van der Waals surface area contributed by atoms with E-state index in [2.05, 4.69) is 5.32 Å². The number of ether oxygens (including phenoxy) is 1. The van der Waals surface area contributed by atoms with E-state index in [0.29, 0.717) is 5.75 Å². The van der Waals surface area contributed by atoms with Crippen molar-refractivity contribution >= 4 is 21.4 Å². The molecule has 0 bridgehead atoms. The highest BCUT2D eigenvalue weighted by molar-refractivity contribution is 7.90. The van der Waals surface area contributed by atoms with Crippen molar-refractivity contribution in [3.8, 4) is 5.75 Å². The van der Waals surface area contributed by atoms with Gasteiger partial charge in [0.15, 0.2) is 9.84 Å². The summed E-state index contributed by atoms with van der Waals surface area (Å²) < 4.78 is 42.3. The van der Waals surface area contributed by atoms with E-state index >= 15 is 0 Å². The van der Waals surface area contributed by atoms with Gasteiger partial charge >= 0.3 is 0 Å². The van der Waals surface area contributed by atoms with E-state index in [-0.39, 0.29) is 23.6 Å². The third kappa shape index (κ3) is 5.29. The fraction of sp³-hybridized carbons (Fsp3) is 0.278. The van der Waals surface area contributed by atoms with Gasteiger partial charge in [-0.2, -0.15) is 0 Å². The van der Waals surface area contributed by atoms with Gasteiger partial charge in [0.1, 0.15) is 11.6 Å². The quantitative estimate of drug-likeness (QED) is 0.798. The van der Waals surface area contributed by atoms with Gasteiger partial charge in [0.25, 0.3) is 0 Å². The second-order valence-electron chi connectivity index (χ2n) is 5.83. The fourth-order valence-corrected chi connectivity index (χ4v) is 2.91. The SMILES string of the molecule is Cc1ccc(OCCC(=O)Nc2cc(S(C)(=O)=O)ccc2F)c(C)c1. The summed E-state index contributed by atoms with van der Waals surface area (Å²) in [6.07, 6.45) is 1.03. The molecule has 0 aliphatic heterocycles. The van der Waals surface area contributed by atoms with E-state index in [1.165, 1.54) is 0 Å². The van der Waals surface area contributed by atoms with Crippen LogP contribution < -0.4 is 10.1 Å². The Morgan fingerprint density at radius 3 is 2.52 bits per heavy atom. The average molecular weight is 365 g/mol. The average Bonchev–Trinajstić information content (AvgIpc) is 2.50. The van der Waals surface area contributed by atoms with Crippen LogP contribution in [0.3, 0.4) is 0 Å². The monoisotopic (exact) mass is 365 g/mol. The first-order valence-corrected chi connectivity index (χ1v) is 9.55. The molecule has 25 heavy (non-hydrogen) atoms. The van der Waals surface area contributed by atoms with Crippen molar-refractivity contribution in [3.05, 3.63) is 53.3 Å². The first-order valence-electron chi connectivity index (χ1n) is 7.66. The molecular formula is C18H20FNO4S. The van der Waals surface area contributed by atoms with Gasteiger partial charge in [0.2, 0.25) is 5.91 Å². The van der Waals surface area contributed by atoms with Gasteiger partial charge in [-0.15, -0.1) is 0 Å². The minimum Gasteiger partial charge on any atom is -0.493 e. The normalized spacial score (nSPS) is 11.2. The summed E-state index contributed by atoms with van der Waals surface area (Å²) >= 11 is 0. The van der Waals surface area contributed by atoms with Gasteiger partial charge in [-0.1, -0.05) is 17.7 Å².